The molecule has 2 atom stereocenters. The Labute approximate surface area is 103 Å². The van der Waals surface area contributed by atoms with Crippen LogP contribution in [0.15, 0.2) is 0 Å². The maximum Gasteiger partial charge on any atom is 0.229 e. The molecule has 0 aromatic carbocycles. The molecular formula is C11H21N3OS. The SMILES string of the molecule is CC(C(=O)NCC(C)N1CCCC1)C(N)=S. The molecule has 1 heterocycles. The number of nitrogens with zero attached hydrogens (tertiary/aromatic N) is 1. The van der Waals surface area contributed by atoms with Crippen LogP contribution in [0.4, 0.5) is 0 Å². The average Bonchev–Trinajstić information content (AvgIpc) is 2.77. The molecule has 1 fully saturated rings. The van der Waals surface area contributed by atoms with Gasteiger partial charge in [-0.25, -0.2) is 0 Å². The summed E-state index contributed by atoms with van der Waals surface area (Å²) in [5.74, 6) is -0.445. The van der Waals surface area contributed by atoms with Gasteiger partial charge in [0.1, 0.15) is 0 Å². The topological polar surface area (TPSA) is 58.4 Å². The van der Waals surface area contributed by atoms with Gasteiger partial charge in [0.05, 0.1) is 10.9 Å². The van der Waals surface area contributed by atoms with Crippen molar-refractivity contribution in [2.24, 2.45) is 11.7 Å². The highest BCUT2D eigenvalue weighted by Gasteiger charge is 2.20. The van der Waals surface area contributed by atoms with Gasteiger partial charge in [-0.15, -0.1) is 0 Å². The van der Waals surface area contributed by atoms with Crippen molar-refractivity contribution in [3.8, 4) is 0 Å². The highest BCUT2D eigenvalue weighted by atomic mass is 32.1. The van der Waals surface area contributed by atoms with Crippen molar-refractivity contribution in [3.05, 3.63) is 0 Å². The van der Waals surface area contributed by atoms with E-state index in [1.165, 1.54) is 12.8 Å². The third kappa shape index (κ3) is 3.72. The van der Waals surface area contributed by atoms with Gasteiger partial charge in [0.15, 0.2) is 0 Å². The van der Waals surface area contributed by atoms with Crippen molar-refractivity contribution in [2.45, 2.75) is 32.7 Å². The summed E-state index contributed by atoms with van der Waals surface area (Å²) in [4.78, 5) is 14.3. The quantitative estimate of drug-likeness (QED) is 0.691. The fraction of sp³-hybridized carbons (Fsp3) is 0.818. The van der Waals surface area contributed by atoms with Gasteiger partial charge in [-0.2, -0.15) is 0 Å². The van der Waals surface area contributed by atoms with E-state index in [9.17, 15) is 4.79 Å². The number of carbonyl (C=O) groups excluding carboxylic acids is 1. The second-order valence-electron chi connectivity index (χ2n) is 4.46. The number of carbonyl (C=O) groups is 1. The fourth-order valence-corrected chi connectivity index (χ4v) is 1.95. The molecule has 3 N–H and O–H groups in total. The fourth-order valence-electron chi connectivity index (χ4n) is 1.84. The van der Waals surface area contributed by atoms with E-state index in [1.54, 1.807) is 6.92 Å². The van der Waals surface area contributed by atoms with Crippen LogP contribution in [0, 0.1) is 5.92 Å². The lowest BCUT2D eigenvalue weighted by Gasteiger charge is -2.24. The normalized spacial score (nSPS) is 20.4. The summed E-state index contributed by atoms with van der Waals surface area (Å²) in [5.41, 5.74) is 5.43. The summed E-state index contributed by atoms with van der Waals surface area (Å²) >= 11 is 4.79. The number of rotatable bonds is 5. The van der Waals surface area contributed by atoms with Crippen LogP contribution in [0.2, 0.25) is 0 Å². The van der Waals surface area contributed by atoms with Crippen LogP contribution >= 0.6 is 12.2 Å². The molecule has 1 amide bonds. The molecule has 0 spiro atoms. The van der Waals surface area contributed by atoms with Gasteiger partial charge < -0.3 is 11.1 Å². The molecule has 2 unspecified atom stereocenters. The summed E-state index contributed by atoms with van der Waals surface area (Å²) in [6, 6.07) is 0.394. The Balaban J connectivity index is 2.27. The Bertz CT molecular complexity index is 264. The van der Waals surface area contributed by atoms with Crippen molar-refractivity contribution in [3.63, 3.8) is 0 Å². The molecule has 0 saturated carbocycles. The Hall–Kier alpha value is -0.680. The molecule has 0 aliphatic carbocycles. The highest BCUT2D eigenvalue weighted by molar-refractivity contribution is 7.80. The van der Waals surface area contributed by atoms with Crippen LogP contribution in [0.1, 0.15) is 26.7 Å². The molecule has 0 aromatic rings. The van der Waals surface area contributed by atoms with Gasteiger partial charge in [0.25, 0.3) is 0 Å². The number of amides is 1. The van der Waals surface area contributed by atoms with Crippen molar-refractivity contribution >= 4 is 23.1 Å². The maximum absolute atomic E-state index is 11.6. The first-order valence-corrected chi connectivity index (χ1v) is 6.24. The largest absolute Gasteiger partial charge is 0.393 e. The number of thiocarbonyl (C=S) groups is 1. The van der Waals surface area contributed by atoms with E-state index in [1.807, 2.05) is 0 Å². The van der Waals surface area contributed by atoms with Crippen LogP contribution in [-0.4, -0.2) is 41.5 Å². The summed E-state index contributed by atoms with van der Waals surface area (Å²) in [5, 5.41) is 2.89. The van der Waals surface area contributed by atoms with Gasteiger partial charge in [-0.05, 0) is 39.8 Å². The van der Waals surface area contributed by atoms with Gasteiger partial charge in [-0.1, -0.05) is 12.2 Å². The minimum absolute atomic E-state index is 0.0708. The number of nitrogens with two attached hydrogens (primary N) is 1. The predicted octanol–water partition coefficient (Wildman–Crippen LogP) is 0.509. The van der Waals surface area contributed by atoms with E-state index in [0.29, 0.717) is 12.6 Å². The summed E-state index contributed by atoms with van der Waals surface area (Å²) in [6.07, 6.45) is 2.53. The zero-order valence-corrected chi connectivity index (χ0v) is 10.8. The molecule has 1 saturated heterocycles. The van der Waals surface area contributed by atoms with E-state index in [-0.39, 0.29) is 16.8 Å². The highest BCUT2D eigenvalue weighted by Crippen LogP contribution is 2.10. The van der Waals surface area contributed by atoms with Crippen LogP contribution < -0.4 is 11.1 Å². The van der Waals surface area contributed by atoms with Crippen molar-refractivity contribution in [1.29, 1.82) is 0 Å². The molecule has 16 heavy (non-hydrogen) atoms. The number of hydrogen-bond donors (Lipinski definition) is 2. The van der Waals surface area contributed by atoms with Gasteiger partial charge in [0.2, 0.25) is 5.91 Å². The van der Waals surface area contributed by atoms with Crippen molar-refractivity contribution in [2.75, 3.05) is 19.6 Å². The van der Waals surface area contributed by atoms with Crippen LogP contribution in [0.3, 0.4) is 0 Å². The third-order valence-electron chi connectivity index (χ3n) is 3.16. The molecule has 5 heteroatoms. The monoisotopic (exact) mass is 243 g/mol. The molecule has 1 aliphatic rings. The zero-order valence-electron chi connectivity index (χ0n) is 10.0. The minimum atomic E-state index is -0.374. The first kappa shape index (κ1) is 13.4. The standard InChI is InChI=1S/C11H21N3OS/c1-8(14-5-3-4-6-14)7-13-11(15)9(2)10(12)16/h8-9H,3-7H2,1-2H3,(H2,12,16)(H,13,15). The number of nitrogens with one attached hydrogen (secondary N) is 1. The Morgan fingerprint density at radius 1 is 1.44 bits per heavy atom. The van der Waals surface area contributed by atoms with E-state index in [4.69, 9.17) is 18.0 Å². The molecule has 0 radical (unpaired) electrons. The van der Waals surface area contributed by atoms with Crippen LogP contribution in [0.5, 0.6) is 0 Å². The number of likely N-dealkylation sites (tertiary alicyclic amines) is 1. The molecule has 0 aromatic heterocycles. The van der Waals surface area contributed by atoms with Crippen molar-refractivity contribution < 1.29 is 4.79 Å². The predicted molar refractivity (Wildman–Crippen MR) is 69.2 cm³/mol. The number of hydrogen-bond acceptors (Lipinski definition) is 3. The van der Waals surface area contributed by atoms with E-state index < -0.39 is 0 Å². The average molecular weight is 243 g/mol. The lowest BCUT2D eigenvalue weighted by Crippen LogP contribution is -2.44. The summed E-state index contributed by atoms with van der Waals surface area (Å²) < 4.78 is 0. The first-order valence-electron chi connectivity index (χ1n) is 5.83. The van der Waals surface area contributed by atoms with Gasteiger partial charge in [0, 0.05) is 12.6 Å². The van der Waals surface area contributed by atoms with Crippen LogP contribution in [-0.2, 0) is 4.79 Å². The lowest BCUT2D eigenvalue weighted by atomic mass is 10.1. The third-order valence-corrected chi connectivity index (χ3v) is 3.51. The van der Waals surface area contributed by atoms with Gasteiger partial charge >= 0.3 is 0 Å². The Kier molecular flexibility index (Phi) is 5.15. The smallest absolute Gasteiger partial charge is 0.229 e. The summed E-state index contributed by atoms with van der Waals surface area (Å²) in [7, 11) is 0. The molecule has 1 aliphatic heterocycles. The Morgan fingerprint density at radius 3 is 2.50 bits per heavy atom. The summed E-state index contributed by atoms with van der Waals surface area (Å²) in [6.45, 7) is 6.82. The van der Waals surface area contributed by atoms with E-state index >= 15 is 0 Å². The minimum Gasteiger partial charge on any atom is -0.393 e. The first-order chi connectivity index (χ1) is 7.52. The van der Waals surface area contributed by atoms with E-state index in [0.717, 1.165) is 13.1 Å². The molecular weight excluding hydrogens is 222 g/mol. The molecule has 0 bridgehead atoms. The lowest BCUT2D eigenvalue weighted by molar-refractivity contribution is -0.122. The van der Waals surface area contributed by atoms with Gasteiger partial charge in [-0.3, -0.25) is 9.69 Å². The van der Waals surface area contributed by atoms with Crippen LogP contribution in [0.25, 0.3) is 0 Å². The molecule has 1 rings (SSSR count). The van der Waals surface area contributed by atoms with Crippen molar-refractivity contribution in [1.82, 2.24) is 10.2 Å². The Morgan fingerprint density at radius 2 is 2.00 bits per heavy atom. The second kappa shape index (κ2) is 6.15. The zero-order chi connectivity index (χ0) is 12.1. The molecule has 92 valence electrons. The maximum atomic E-state index is 11.6. The second-order valence-corrected chi connectivity index (χ2v) is 4.93. The molecule has 4 nitrogen and oxygen atoms in total. The van der Waals surface area contributed by atoms with E-state index in [2.05, 4.69) is 17.1 Å².